The second-order valence-corrected chi connectivity index (χ2v) is 5.03. The summed E-state index contributed by atoms with van der Waals surface area (Å²) in [5.74, 6) is 0. The topological polar surface area (TPSA) is 41.6 Å². The van der Waals surface area contributed by atoms with Crippen molar-refractivity contribution in [1.82, 2.24) is 10.2 Å². The van der Waals surface area contributed by atoms with Crippen molar-refractivity contribution in [2.45, 2.75) is 12.8 Å². The van der Waals surface area contributed by atoms with Gasteiger partial charge in [0.15, 0.2) is 0 Å². The second kappa shape index (κ2) is 6.53. The van der Waals surface area contributed by atoms with E-state index in [4.69, 9.17) is 16.3 Å². The fourth-order valence-corrected chi connectivity index (χ4v) is 2.23. The third-order valence-corrected chi connectivity index (χ3v) is 3.33. The maximum Gasteiger partial charge on any atom is 0.416 e. The Morgan fingerprint density at radius 1 is 1.33 bits per heavy atom. The van der Waals surface area contributed by atoms with Crippen LogP contribution in [-0.4, -0.2) is 37.2 Å². The van der Waals surface area contributed by atoms with E-state index >= 15 is 0 Å². The number of halogens is 4. The molecule has 21 heavy (non-hydrogen) atoms. The molecule has 0 aliphatic carbocycles. The van der Waals surface area contributed by atoms with E-state index in [-0.39, 0.29) is 10.6 Å². The van der Waals surface area contributed by atoms with Crippen molar-refractivity contribution >= 4 is 17.7 Å². The molecule has 0 spiro atoms. The number of nitrogens with zero attached hydrogens (tertiary/aromatic N) is 1. The van der Waals surface area contributed by atoms with Gasteiger partial charge in [-0.1, -0.05) is 11.6 Å². The third kappa shape index (κ3) is 4.25. The summed E-state index contributed by atoms with van der Waals surface area (Å²) in [7, 11) is 0. The largest absolute Gasteiger partial charge is 0.445 e. The van der Waals surface area contributed by atoms with Crippen LogP contribution in [0.15, 0.2) is 18.2 Å². The van der Waals surface area contributed by atoms with Crippen LogP contribution in [0.2, 0.25) is 5.02 Å². The third-order valence-electron chi connectivity index (χ3n) is 3.10. The number of hydrogen-bond donors (Lipinski definition) is 1. The molecule has 1 aliphatic heterocycles. The van der Waals surface area contributed by atoms with Crippen molar-refractivity contribution < 1.29 is 22.7 Å². The minimum atomic E-state index is -4.51. The van der Waals surface area contributed by atoms with Gasteiger partial charge in [0.25, 0.3) is 0 Å². The van der Waals surface area contributed by atoms with Crippen LogP contribution in [0.3, 0.4) is 0 Å². The molecule has 0 saturated carbocycles. The zero-order valence-corrected chi connectivity index (χ0v) is 11.8. The first-order valence-electron chi connectivity index (χ1n) is 6.36. The van der Waals surface area contributed by atoms with Crippen LogP contribution in [0.4, 0.5) is 18.0 Å². The minimum Gasteiger partial charge on any atom is -0.445 e. The van der Waals surface area contributed by atoms with Gasteiger partial charge in [0.2, 0.25) is 0 Å². The fourth-order valence-electron chi connectivity index (χ4n) is 2.04. The molecular weight excluding hydrogens is 309 g/mol. The Kier molecular flexibility index (Phi) is 4.95. The first-order chi connectivity index (χ1) is 9.88. The summed E-state index contributed by atoms with van der Waals surface area (Å²) in [5.41, 5.74) is -1.00. The molecule has 0 atom stereocenters. The Balaban J connectivity index is 2.05. The van der Waals surface area contributed by atoms with Gasteiger partial charge in [-0.15, -0.1) is 0 Å². The molecule has 0 bridgehead atoms. The van der Waals surface area contributed by atoms with E-state index in [2.05, 4.69) is 5.32 Å². The van der Waals surface area contributed by atoms with E-state index in [0.29, 0.717) is 26.2 Å². The molecule has 1 saturated heterocycles. The van der Waals surface area contributed by atoms with Crippen LogP contribution < -0.4 is 5.32 Å². The molecule has 1 aromatic rings. The average molecular weight is 323 g/mol. The quantitative estimate of drug-likeness (QED) is 0.910. The number of nitrogens with one attached hydrogen (secondary N) is 1. The summed E-state index contributed by atoms with van der Waals surface area (Å²) in [4.78, 5) is 13.2. The van der Waals surface area contributed by atoms with Gasteiger partial charge >= 0.3 is 12.3 Å². The van der Waals surface area contributed by atoms with E-state index in [0.717, 1.165) is 18.2 Å². The van der Waals surface area contributed by atoms with Crippen molar-refractivity contribution in [2.75, 3.05) is 26.2 Å². The summed E-state index contributed by atoms with van der Waals surface area (Å²) in [6.07, 6.45) is -5.13. The van der Waals surface area contributed by atoms with Crippen LogP contribution in [0, 0.1) is 0 Å². The normalized spacial score (nSPS) is 15.9. The SMILES string of the molecule is O=C(OCc1cc(Cl)ccc1C(F)(F)F)N1CCNCC1. The number of piperazine rings is 1. The fraction of sp³-hybridized carbons (Fsp3) is 0.462. The van der Waals surface area contributed by atoms with Crippen LogP contribution in [0.25, 0.3) is 0 Å². The van der Waals surface area contributed by atoms with Gasteiger partial charge in [0, 0.05) is 36.8 Å². The van der Waals surface area contributed by atoms with E-state index in [1.54, 1.807) is 0 Å². The number of rotatable bonds is 2. The van der Waals surface area contributed by atoms with Gasteiger partial charge in [-0.05, 0) is 18.2 Å². The van der Waals surface area contributed by atoms with Gasteiger partial charge in [-0.3, -0.25) is 0 Å². The predicted octanol–water partition coefficient (Wildman–Crippen LogP) is 2.90. The molecule has 116 valence electrons. The highest BCUT2D eigenvalue weighted by molar-refractivity contribution is 6.30. The number of hydrogen-bond acceptors (Lipinski definition) is 3. The molecule has 1 N–H and O–H groups in total. The van der Waals surface area contributed by atoms with Crippen LogP contribution in [-0.2, 0) is 17.5 Å². The second-order valence-electron chi connectivity index (χ2n) is 4.59. The lowest BCUT2D eigenvalue weighted by Gasteiger charge is -2.26. The monoisotopic (exact) mass is 322 g/mol. The first-order valence-corrected chi connectivity index (χ1v) is 6.74. The molecule has 0 radical (unpaired) electrons. The summed E-state index contributed by atoms with van der Waals surface area (Å²) in [6, 6.07) is 3.21. The predicted molar refractivity (Wildman–Crippen MR) is 71.1 cm³/mol. The number of carbonyl (C=O) groups is 1. The first kappa shape index (κ1) is 15.9. The number of carbonyl (C=O) groups excluding carboxylic acids is 1. The smallest absolute Gasteiger partial charge is 0.416 e. The summed E-state index contributed by atoms with van der Waals surface area (Å²) in [6.45, 7) is 1.76. The van der Waals surface area contributed by atoms with E-state index in [1.807, 2.05) is 0 Å². The van der Waals surface area contributed by atoms with Crippen molar-refractivity contribution in [3.63, 3.8) is 0 Å². The van der Waals surface area contributed by atoms with Crippen molar-refractivity contribution in [3.05, 3.63) is 34.3 Å². The maximum atomic E-state index is 12.9. The molecule has 4 nitrogen and oxygen atoms in total. The average Bonchev–Trinajstić information content (AvgIpc) is 2.44. The van der Waals surface area contributed by atoms with Crippen LogP contribution in [0.1, 0.15) is 11.1 Å². The van der Waals surface area contributed by atoms with E-state index in [9.17, 15) is 18.0 Å². The molecule has 8 heteroatoms. The van der Waals surface area contributed by atoms with Gasteiger partial charge < -0.3 is 15.0 Å². The lowest BCUT2D eigenvalue weighted by Crippen LogP contribution is -2.46. The molecule has 2 rings (SSSR count). The molecule has 0 aromatic heterocycles. The molecule has 1 amide bonds. The Labute approximate surface area is 124 Å². The standard InChI is InChI=1S/C13H14ClF3N2O2/c14-10-1-2-11(13(15,16)17)9(7-10)8-21-12(20)19-5-3-18-4-6-19/h1-2,7,18H,3-6,8H2. The highest BCUT2D eigenvalue weighted by Gasteiger charge is 2.33. The zero-order valence-electron chi connectivity index (χ0n) is 11.0. The Morgan fingerprint density at radius 3 is 2.62 bits per heavy atom. The summed E-state index contributed by atoms with van der Waals surface area (Å²) in [5, 5.41) is 3.23. The highest BCUT2D eigenvalue weighted by atomic mass is 35.5. The highest BCUT2D eigenvalue weighted by Crippen LogP contribution is 2.33. The zero-order chi connectivity index (χ0) is 15.5. The number of alkyl halides is 3. The van der Waals surface area contributed by atoms with E-state index in [1.165, 1.54) is 4.90 Å². The molecule has 1 aromatic carbocycles. The van der Waals surface area contributed by atoms with Crippen LogP contribution in [0.5, 0.6) is 0 Å². The Morgan fingerprint density at radius 2 is 2.00 bits per heavy atom. The Bertz CT molecular complexity index is 517. The number of amides is 1. The van der Waals surface area contributed by atoms with Gasteiger partial charge in [0.05, 0.1) is 5.56 Å². The lowest BCUT2D eigenvalue weighted by molar-refractivity contribution is -0.138. The Hall–Kier alpha value is -1.47. The number of ether oxygens (including phenoxy) is 1. The molecule has 0 unspecified atom stereocenters. The van der Waals surface area contributed by atoms with Crippen molar-refractivity contribution in [1.29, 1.82) is 0 Å². The summed E-state index contributed by atoms with van der Waals surface area (Å²) < 4.78 is 43.5. The van der Waals surface area contributed by atoms with Gasteiger partial charge in [-0.2, -0.15) is 13.2 Å². The van der Waals surface area contributed by atoms with Crippen molar-refractivity contribution in [3.8, 4) is 0 Å². The molecule has 1 heterocycles. The van der Waals surface area contributed by atoms with Gasteiger partial charge in [-0.25, -0.2) is 4.79 Å². The van der Waals surface area contributed by atoms with Crippen molar-refractivity contribution in [2.24, 2.45) is 0 Å². The lowest BCUT2D eigenvalue weighted by atomic mass is 10.1. The molecule has 1 fully saturated rings. The minimum absolute atomic E-state index is 0.154. The van der Waals surface area contributed by atoms with Gasteiger partial charge in [0.1, 0.15) is 6.61 Å². The molecular formula is C13H14ClF3N2O2. The number of benzene rings is 1. The van der Waals surface area contributed by atoms with E-state index < -0.39 is 24.4 Å². The maximum absolute atomic E-state index is 12.9. The van der Waals surface area contributed by atoms with Crippen LogP contribution >= 0.6 is 11.6 Å². The summed E-state index contributed by atoms with van der Waals surface area (Å²) >= 11 is 5.70. The molecule has 1 aliphatic rings.